The number of carbonyl (C=O) groups excluding carboxylic acids is 2. The van der Waals surface area contributed by atoms with E-state index in [9.17, 15) is 9.59 Å². The van der Waals surface area contributed by atoms with E-state index in [0.717, 1.165) is 22.9 Å². The topological polar surface area (TPSA) is 37.4 Å². The Morgan fingerprint density at radius 3 is 2.10 bits per heavy atom. The highest BCUT2D eigenvalue weighted by Crippen LogP contribution is 2.51. The third kappa shape index (κ3) is 1.78. The van der Waals surface area contributed by atoms with Gasteiger partial charge in [0.05, 0.1) is 17.5 Å². The molecule has 2 amide bonds. The van der Waals surface area contributed by atoms with E-state index in [1.165, 1.54) is 4.90 Å². The molecule has 0 radical (unpaired) electrons. The molecule has 1 aromatic rings. The molecule has 108 valence electrons. The van der Waals surface area contributed by atoms with E-state index >= 15 is 0 Å². The molecule has 4 heteroatoms. The first-order valence-corrected chi connectivity index (χ1v) is 8.19. The van der Waals surface area contributed by atoms with Crippen LogP contribution in [0.4, 0.5) is 5.69 Å². The zero-order chi connectivity index (χ0) is 14.7. The summed E-state index contributed by atoms with van der Waals surface area (Å²) < 4.78 is 0.808. The van der Waals surface area contributed by atoms with Gasteiger partial charge in [0.1, 0.15) is 0 Å². The second-order valence-corrected chi connectivity index (χ2v) is 7.16. The average Bonchev–Trinajstić information content (AvgIpc) is 2.75. The van der Waals surface area contributed by atoms with Gasteiger partial charge < -0.3 is 0 Å². The monoisotopic (exact) mass is 345 g/mol. The number of hydrogen-bond acceptors (Lipinski definition) is 2. The van der Waals surface area contributed by atoms with Gasteiger partial charge in [-0.3, -0.25) is 9.59 Å². The highest BCUT2D eigenvalue weighted by atomic mass is 79.9. The summed E-state index contributed by atoms with van der Waals surface area (Å²) in [5.41, 5.74) is 1.79. The second kappa shape index (κ2) is 4.54. The molecule has 1 saturated heterocycles. The Kier molecular flexibility index (Phi) is 2.86. The van der Waals surface area contributed by atoms with Crippen LogP contribution < -0.4 is 4.90 Å². The summed E-state index contributed by atoms with van der Waals surface area (Å²) in [7, 11) is 0. The van der Waals surface area contributed by atoms with Crippen LogP contribution in [0.25, 0.3) is 0 Å². The van der Waals surface area contributed by atoms with Crippen molar-refractivity contribution >= 4 is 33.4 Å². The fourth-order valence-corrected chi connectivity index (χ4v) is 4.78. The van der Waals surface area contributed by atoms with Gasteiger partial charge in [-0.15, -0.1) is 0 Å². The molecule has 4 aliphatic rings. The molecular formula is C17H16BrNO2. The first-order chi connectivity index (χ1) is 10.1. The zero-order valence-corrected chi connectivity index (χ0v) is 13.3. The van der Waals surface area contributed by atoms with Crippen molar-refractivity contribution in [3.63, 3.8) is 0 Å². The van der Waals surface area contributed by atoms with E-state index in [1.807, 2.05) is 25.1 Å². The number of benzene rings is 1. The Hall–Kier alpha value is -1.42. The van der Waals surface area contributed by atoms with E-state index in [-0.39, 0.29) is 35.5 Å². The number of halogens is 1. The smallest absolute Gasteiger partial charge is 0.238 e. The summed E-state index contributed by atoms with van der Waals surface area (Å²) in [5, 5.41) is 0. The van der Waals surface area contributed by atoms with Gasteiger partial charge in [0.25, 0.3) is 0 Å². The molecule has 1 aliphatic heterocycles. The Bertz CT molecular complexity index is 649. The molecule has 4 atom stereocenters. The van der Waals surface area contributed by atoms with Gasteiger partial charge in [0, 0.05) is 4.47 Å². The van der Waals surface area contributed by atoms with E-state index in [1.54, 1.807) is 0 Å². The van der Waals surface area contributed by atoms with Gasteiger partial charge in [-0.1, -0.05) is 18.2 Å². The quantitative estimate of drug-likeness (QED) is 0.577. The minimum atomic E-state index is -0.144. The SMILES string of the molecule is Cc1ccc(N2C(=O)[C@@H]3[C@H](C2=O)[C@@H]2C=C[C@H]3CC2)c(Br)c1. The summed E-state index contributed by atoms with van der Waals surface area (Å²) in [4.78, 5) is 27.1. The number of hydrogen-bond donors (Lipinski definition) is 0. The number of amides is 2. The summed E-state index contributed by atoms with van der Waals surface area (Å²) >= 11 is 3.50. The molecule has 3 aliphatic carbocycles. The molecule has 1 saturated carbocycles. The van der Waals surface area contributed by atoms with Gasteiger partial charge in [-0.2, -0.15) is 0 Å². The lowest BCUT2D eigenvalue weighted by Gasteiger charge is -2.38. The van der Waals surface area contributed by atoms with Crippen molar-refractivity contribution in [1.82, 2.24) is 0 Å². The normalized spacial score (nSPS) is 33.7. The van der Waals surface area contributed by atoms with Crippen LogP contribution in [-0.2, 0) is 9.59 Å². The second-order valence-electron chi connectivity index (χ2n) is 6.31. The van der Waals surface area contributed by atoms with E-state index in [2.05, 4.69) is 28.1 Å². The predicted octanol–water partition coefficient (Wildman–Crippen LogP) is 3.46. The van der Waals surface area contributed by atoms with Crippen LogP contribution in [0.1, 0.15) is 18.4 Å². The largest absolute Gasteiger partial charge is 0.274 e. The number of carbonyl (C=O) groups is 2. The number of rotatable bonds is 1. The van der Waals surface area contributed by atoms with E-state index in [4.69, 9.17) is 0 Å². The predicted molar refractivity (Wildman–Crippen MR) is 83.7 cm³/mol. The number of aryl methyl sites for hydroxylation is 1. The molecular weight excluding hydrogens is 330 g/mol. The number of imide groups is 1. The van der Waals surface area contributed by atoms with Crippen LogP contribution in [0, 0.1) is 30.6 Å². The molecule has 3 nitrogen and oxygen atoms in total. The lowest BCUT2D eigenvalue weighted by Crippen LogP contribution is -2.38. The Morgan fingerprint density at radius 1 is 1.05 bits per heavy atom. The minimum absolute atomic E-state index is 0.0198. The van der Waals surface area contributed by atoms with Crippen molar-refractivity contribution in [3.8, 4) is 0 Å². The minimum Gasteiger partial charge on any atom is -0.274 e. The first kappa shape index (κ1) is 13.3. The molecule has 1 heterocycles. The lowest BCUT2D eigenvalue weighted by atomic mass is 9.63. The maximum absolute atomic E-state index is 12.8. The number of anilines is 1. The zero-order valence-electron chi connectivity index (χ0n) is 11.8. The molecule has 0 unspecified atom stereocenters. The summed E-state index contributed by atoms with van der Waals surface area (Å²) in [6.07, 6.45) is 6.36. The van der Waals surface area contributed by atoms with Crippen molar-refractivity contribution in [3.05, 3.63) is 40.4 Å². The first-order valence-electron chi connectivity index (χ1n) is 7.40. The van der Waals surface area contributed by atoms with Gasteiger partial charge in [-0.05, 0) is 65.2 Å². The fraction of sp³-hybridized carbons (Fsp3) is 0.412. The van der Waals surface area contributed by atoms with E-state index < -0.39 is 0 Å². The summed E-state index contributed by atoms with van der Waals surface area (Å²) in [6, 6.07) is 5.75. The molecule has 5 rings (SSSR count). The van der Waals surface area contributed by atoms with Crippen LogP contribution >= 0.6 is 15.9 Å². The highest BCUT2D eigenvalue weighted by Gasteiger charge is 2.57. The number of allylic oxidation sites excluding steroid dienone is 2. The summed E-state index contributed by atoms with van der Waals surface area (Å²) in [6.45, 7) is 1.99. The third-order valence-corrected chi connectivity index (χ3v) is 5.74. The van der Waals surface area contributed by atoms with Crippen molar-refractivity contribution < 1.29 is 9.59 Å². The van der Waals surface area contributed by atoms with Gasteiger partial charge in [0.2, 0.25) is 11.8 Å². The molecule has 0 N–H and O–H groups in total. The average molecular weight is 346 g/mol. The molecule has 2 bridgehead atoms. The van der Waals surface area contributed by atoms with Crippen LogP contribution in [0.15, 0.2) is 34.8 Å². The Labute approximate surface area is 132 Å². The van der Waals surface area contributed by atoms with Gasteiger partial charge in [-0.25, -0.2) is 4.90 Å². The van der Waals surface area contributed by atoms with Crippen LogP contribution in [0.3, 0.4) is 0 Å². The molecule has 0 spiro atoms. The van der Waals surface area contributed by atoms with Crippen molar-refractivity contribution in [2.45, 2.75) is 19.8 Å². The Balaban J connectivity index is 1.78. The molecule has 0 aromatic heterocycles. The third-order valence-electron chi connectivity index (χ3n) is 5.10. The van der Waals surface area contributed by atoms with Crippen molar-refractivity contribution in [1.29, 1.82) is 0 Å². The molecule has 21 heavy (non-hydrogen) atoms. The molecule has 1 aromatic carbocycles. The van der Waals surface area contributed by atoms with Crippen LogP contribution in [0.5, 0.6) is 0 Å². The van der Waals surface area contributed by atoms with Gasteiger partial charge >= 0.3 is 0 Å². The standard InChI is InChI=1S/C17H16BrNO2/c1-9-2-7-13(12(18)8-9)19-16(20)14-10-3-4-11(6-5-10)15(14)17(19)21/h2-4,7-8,10-11,14-15H,5-6H2,1H3/t10-,11+,14-,15+. The molecule has 2 fully saturated rings. The maximum Gasteiger partial charge on any atom is 0.238 e. The van der Waals surface area contributed by atoms with Gasteiger partial charge in [0.15, 0.2) is 0 Å². The maximum atomic E-state index is 12.8. The fourth-order valence-electron chi connectivity index (χ4n) is 4.10. The van der Waals surface area contributed by atoms with E-state index in [0.29, 0.717) is 5.69 Å². The summed E-state index contributed by atoms with van der Waals surface area (Å²) in [5.74, 6) is 0.155. The lowest BCUT2D eigenvalue weighted by molar-refractivity contribution is -0.124. The Morgan fingerprint density at radius 2 is 1.62 bits per heavy atom. The number of nitrogens with zero attached hydrogens (tertiary/aromatic N) is 1. The number of fused-ring (bicyclic) bond motifs is 1. The van der Waals surface area contributed by atoms with Crippen LogP contribution in [0.2, 0.25) is 0 Å². The highest BCUT2D eigenvalue weighted by molar-refractivity contribution is 9.10. The van der Waals surface area contributed by atoms with Crippen molar-refractivity contribution in [2.24, 2.45) is 23.7 Å². The van der Waals surface area contributed by atoms with Crippen molar-refractivity contribution in [2.75, 3.05) is 4.90 Å². The van der Waals surface area contributed by atoms with Crippen LogP contribution in [-0.4, -0.2) is 11.8 Å².